The largest absolute Gasteiger partial charge is 0.481 e. The first kappa shape index (κ1) is 14.9. The van der Waals surface area contributed by atoms with Gasteiger partial charge in [0.05, 0.1) is 0 Å². The molecule has 1 atom stereocenters. The molecule has 0 aromatic heterocycles. The fraction of sp³-hybridized carbons (Fsp3) is 0.562. The summed E-state index contributed by atoms with van der Waals surface area (Å²) in [4.78, 5) is 14.4. The zero-order valence-corrected chi connectivity index (χ0v) is 12.6. The van der Waals surface area contributed by atoms with Gasteiger partial charge in [0.15, 0.2) is 6.10 Å². The number of hydrogen-bond donors (Lipinski definition) is 1. The van der Waals surface area contributed by atoms with E-state index in [1.807, 2.05) is 31.2 Å². The van der Waals surface area contributed by atoms with Gasteiger partial charge in [-0.2, -0.15) is 0 Å². The van der Waals surface area contributed by atoms with Gasteiger partial charge in [0, 0.05) is 6.04 Å². The average Bonchev–Trinajstić information content (AvgIpc) is 2.41. The third-order valence-electron chi connectivity index (χ3n) is 3.74. The molecule has 1 amide bonds. The number of benzene rings is 1. The molecule has 0 spiro atoms. The van der Waals surface area contributed by atoms with Gasteiger partial charge in [-0.05, 0) is 64.5 Å². The van der Waals surface area contributed by atoms with Crippen LogP contribution in [-0.2, 0) is 4.79 Å². The van der Waals surface area contributed by atoms with E-state index in [2.05, 4.69) is 17.3 Å². The number of aryl methyl sites for hydroxylation is 1. The molecular weight excluding hydrogens is 252 g/mol. The molecule has 1 heterocycles. The Hall–Kier alpha value is -1.55. The van der Waals surface area contributed by atoms with E-state index in [0.717, 1.165) is 37.2 Å². The van der Waals surface area contributed by atoms with Gasteiger partial charge in [-0.25, -0.2) is 0 Å². The first-order valence-corrected chi connectivity index (χ1v) is 7.27. The van der Waals surface area contributed by atoms with E-state index in [1.54, 1.807) is 6.92 Å². The van der Waals surface area contributed by atoms with Crippen molar-refractivity contribution < 1.29 is 9.53 Å². The zero-order valence-electron chi connectivity index (χ0n) is 12.6. The van der Waals surface area contributed by atoms with Crippen LogP contribution in [0.15, 0.2) is 24.3 Å². The Balaban J connectivity index is 1.83. The Labute approximate surface area is 121 Å². The summed E-state index contributed by atoms with van der Waals surface area (Å²) in [6, 6.07) is 8.05. The number of piperidine rings is 1. The average molecular weight is 276 g/mol. The Bertz CT molecular complexity index is 454. The Kier molecular flexibility index (Phi) is 5.01. The first-order chi connectivity index (χ1) is 9.54. The van der Waals surface area contributed by atoms with E-state index < -0.39 is 6.10 Å². The third-order valence-corrected chi connectivity index (χ3v) is 3.74. The van der Waals surface area contributed by atoms with Gasteiger partial charge >= 0.3 is 0 Å². The molecule has 0 bridgehead atoms. The summed E-state index contributed by atoms with van der Waals surface area (Å²) in [6.07, 6.45) is 1.56. The van der Waals surface area contributed by atoms with Crippen LogP contribution < -0.4 is 10.1 Å². The zero-order chi connectivity index (χ0) is 14.5. The maximum absolute atomic E-state index is 12.1. The summed E-state index contributed by atoms with van der Waals surface area (Å²) in [5.41, 5.74) is 1.13. The molecule has 1 N–H and O–H groups in total. The maximum atomic E-state index is 12.1. The normalized spacial score (nSPS) is 18.6. The minimum Gasteiger partial charge on any atom is -0.481 e. The summed E-state index contributed by atoms with van der Waals surface area (Å²) in [5.74, 6) is 0.720. The summed E-state index contributed by atoms with van der Waals surface area (Å²) in [7, 11) is 2.11. The van der Waals surface area contributed by atoms with E-state index in [4.69, 9.17) is 4.74 Å². The SMILES string of the molecule is Cc1cccc(OC(C)C(=O)NC2CCN(C)CC2)c1. The number of hydrogen-bond acceptors (Lipinski definition) is 3. The van der Waals surface area contributed by atoms with Crippen molar-refractivity contribution in [1.82, 2.24) is 10.2 Å². The molecule has 4 heteroatoms. The van der Waals surface area contributed by atoms with Crippen LogP contribution in [-0.4, -0.2) is 43.1 Å². The van der Waals surface area contributed by atoms with E-state index in [9.17, 15) is 4.79 Å². The molecule has 0 saturated carbocycles. The number of amides is 1. The van der Waals surface area contributed by atoms with Crippen LogP contribution >= 0.6 is 0 Å². The highest BCUT2D eigenvalue weighted by Gasteiger charge is 2.22. The summed E-state index contributed by atoms with van der Waals surface area (Å²) in [6.45, 7) is 5.89. The second kappa shape index (κ2) is 6.75. The minimum absolute atomic E-state index is 0.0268. The fourth-order valence-corrected chi connectivity index (χ4v) is 2.42. The van der Waals surface area contributed by atoms with E-state index >= 15 is 0 Å². The predicted molar refractivity (Wildman–Crippen MR) is 79.9 cm³/mol. The highest BCUT2D eigenvalue weighted by atomic mass is 16.5. The lowest BCUT2D eigenvalue weighted by molar-refractivity contribution is -0.128. The number of carbonyl (C=O) groups is 1. The quantitative estimate of drug-likeness (QED) is 0.914. The van der Waals surface area contributed by atoms with Crippen LogP contribution in [0.4, 0.5) is 0 Å². The molecule has 1 fully saturated rings. The van der Waals surface area contributed by atoms with Gasteiger partial charge in [0.2, 0.25) is 0 Å². The van der Waals surface area contributed by atoms with Gasteiger partial charge in [0.1, 0.15) is 5.75 Å². The standard InChI is InChI=1S/C16H24N2O2/c1-12-5-4-6-15(11-12)20-13(2)16(19)17-14-7-9-18(3)10-8-14/h4-6,11,13-14H,7-10H2,1-3H3,(H,17,19). The van der Waals surface area contributed by atoms with Gasteiger partial charge in [-0.15, -0.1) is 0 Å². The van der Waals surface area contributed by atoms with Crippen LogP contribution in [0.3, 0.4) is 0 Å². The minimum atomic E-state index is -0.462. The fourth-order valence-electron chi connectivity index (χ4n) is 2.42. The molecule has 0 aliphatic carbocycles. The molecule has 1 aliphatic heterocycles. The third kappa shape index (κ3) is 4.23. The Morgan fingerprint density at radius 1 is 1.40 bits per heavy atom. The molecule has 20 heavy (non-hydrogen) atoms. The summed E-state index contributed by atoms with van der Waals surface area (Å²) in [5, 5.41) is 3.08. The lowest BCUT2D eigenvalue weighted by Gasteiger charge is -2.30. The van der Waals surface area contributed by atoms with E-state index in [1.165, 1.54) is 0 Å². The van der Waals surface area contributed by atoms with Crippen LogP contribution in [0, 0.1) is 6.92 Å². The maximum Gasteiger partial charge on any atom is 0.260 e. The monoisotopic (exact) mass is 276 g/mol. The van der Waals surface area contributed by atoms with Crippen LogP contribution in [0.5, 0.6) is 5.75 Å². The van der Waals surface area contributed by atoms with Crippen molar-refractivity contribution in [2.75, 3.05) is 20.1 Å². The van der Waals surface area contributed by atoms with Gasteiger partial charge in [0.25, 0.3) is 5.91 Å². The topological polar surface area (TPSA) is 41.6 Å². The van der Waals surface area contributed by atoms with Crippen LogP contribution in [0.2, 0.25) is 0 Å². The number of carbonyl (C=O) groups excluding carboxylic acids is 1. The van der Waals surface area contributed by atoms with Gasteiger partial charge in [-0.1, -0.05) is 12.1 Å². The number of nitrogens with one attached hydrogen (secondary N) is 1. The lowest BCUT2D eigenvalue weighted by atomic mass is 10.1. The first-order valence-electron chi connectivity index (χ1n) is 7.27. The molecule has 1 aliphatic rings. The number of nitrogens with zero attached hydrogens (tertiary/aromatic N) is 1. The second-order valence-corrected chi connectivity index (χ2v) is 5.66. The van der Waals surface area contributed by atoms with Gasteiger partial charge in [-0.3, -0.25) is 4.79 Å². The van der Waals surface area contributed by atoms with Crippen molar-refractivity contribution in [3.63, 3.8) is 0 Å². The number of likely N-dealkylation sites (tertiary alicyclic amines) is 1. The van der Waals surface area contributed by atoms with Crippen molar-refractivity contribution >= 4 is 5.91 Å². The van der Waals surface area contributed by atoms with Crippen molar-refractivity contribution in [1.29, 1.82) is 0 Å². The summed E-state index contributed by atoms with van der Waals surface area (Å²) >= 11 is 0. The number of rotatable bonds is 4. The lowest BCUT2D eigenvalue weighted by Crippen LogP contribution is -2.47. The van der Waals surface area contributed by atoms with Crippen LogP contribution in [0.1, 0.15) is 25.3 Å². The highest BCUT2D eigenvalue weighted by molar-refractivity contribution is 5.81. The van der Waals surface area contributed by atoms with Crippen molar-refractivity contribution in [3.05, 3.63) is 29.8 Å². The van der Waals surface area contributed by atoms with E-state index in [-0.39, 0.29) is 11.9 Å². The molecule has 1 aromatic rings. The van der Waals surface area contributed by atoms with Crippen molar-refractivity contribution in [3.8, 4) is 5.75 Å². The molecular formula is C16H24N2O2. The molecule has 1 aromatic carbocycles. The van der Waals surface area contributed by atoms with Gasteiger partial charge < -0.3 is 15.0 Å². The molecule has 110 valence electrons. The Morgan fingerprint density at radius 3 is 2.75 bits per heavy atom. The number of ether oxygens (including phenoxy) is 1. The summed E-state index contributed by atoms with van der Waals surface area (Å²) < 4.78 is 5.70. The molecule has 1 saturated heterocycles. The highest BCUT2D eigenvalue weighted by Crippen LogP contribution is 2.15. The smallest absolute Gasteiger partial charge is 0.260 e. The molecule has 0 radical (unpaired) electrons. The second-order valence-electron chi connectivity index (χ2n) is 5.66. The molecule has 2 rings (SSSR count). The molecule has 1 unspecified atom stereocenters. The van der Waals surface area contributed by atoms with Crippen LogP contribution in [0.25, 0.3) is 0 Å². The Morgan fingerprint density at radius 2 is 2.10 bits per heavy atom. The molecule has 4 nitrogen and oxygen atoms in total. The van der Waals surface area contributed by atoms with E-state index in [0.29, 0.717) is 0 Å². The van der Waals surface area contributed by atoms with Crippen molar-refractivity contribution in [2.24, 2.45) is 0 Å². The van der Waals surface area contributed by atoms with Crippen molar-refractivity contribution in [2.45, 2.75) is 38.8 Å². The predicted octanol–water partition coefficient (Wildman–Crippen LogP) is 1.97.